The minimum absolute atomic E-state index is 0.0561. The van der Waals surface area contributed by atoms with Crippen molar-refractivity contribution in [1.29, 1.82) is 0 Å². The summed E-state index contributed by atoms with van der Waals surface area (Å²) in [6, 6.07) is 9.30. The number of carboxylic acid groups (broad SMARTS) is 1. The molecule has 12 heteroatoms. The van der Waals surface area contributed by atoms with Gasteiger partial charge in [0, 0.05) is 17.3 Å². The molecule has 4 rings (SSSR count). The van der Waals surface area contributed by atoms with Gasteiger partial charge in [0.25, 0.3) is 0 Å². The number of anilines is 1. The van der Waals surface area contributed by atoms with E-state index in [4.69, 9.17) is 21.4 Å². The van der Waals surface area contributed by atoms with E-state index in [9.17, 15) is 19.5 Å². The third kappa shape index (κ3) is 5.88. The fourth-order valence-corrected chi connectivity index (χ4v) is 3.64. The molecule has 0 amide bonds. The number of benzene rings is 1. The Morgan fingerprint density at radius 2 is 1.97 bits per heavy atom. The van der Waals surface area contributed by atoms with Crippen LogP contribution in [-0.2, 0) is 13.1 Å². The van der Waals surface area contributed by atoms with E-state index in [-0.39, 0.29) is 43.1 Å². The summed E-state index contributed by atoms with van der Waals surface area (Å²) < 4.78 is 7.85. The van der Waals surface area contributed by atoms with Crippen molar-refractivity contribution in [2.24, 2.45) is 0 Å². The molecule has 11 nitrogen and oxygen atoms in total. The highest BCUT2D eigenvalue weighted by Crippen LogP contribution is 2.19. The molecule has 186 valence electrons. The summed E-state index contributed by atoms with van der Waals surface area (Å²) in [6.45, 7) is -0.424. The number of nitrogens with one attached hydrogen (secondary N) is 1. The normalized spacial score (nSPS) is 14.8. The molecule has 1 atom stereocenters. The van der Waals surface area contributed by atoms with Gasteiger partial charge in [-0.1, -0.05) is 29.8 Å². The van der Waals surface area contributed by atoms with Gasteiger partial charge < -0.3 is 20.3 Å². The predicted octanol–water partition coefficient (Wildman–Crippen LogP) is 1.90. The second-order valence-corrected chi connectivity index (χ2v) is 8.27. The first kappa shape index (κ1) is 24.9. The topological polar surface area (TPSA) is 149 Å². The quantitative estimate of drug-likeness (QED) is 0.391. The fourth-order valence-electron chi connectivity index (χ4n) is 3.51. The number of carbonyl (C=O) groups is 1. The van der Waals surface area contributed by atoms with Crippen LogP contribution in [0.25, 0.3) is 0 Å². The fraction of sp³-hybridized carbons (Fsp3) is 0.208. The van der Waals surface area contributed by atoms with Gasteiger partial charge in [-0.15, -0.1) is 0 Å². The lowest BCUT2D eigenvalue weighted by atomic mass is 10.1. The van der Waals surface area contributed by atoms with Crippen molar-refractivity contribution in [1.82, 2.24) is 19.1 Å². The molecular weight excluding hydrogens is 490 g/mol. The average molecular weight is 512 g/mol. The maximum absolute atomic E-state index is 13.1. The lowest BCUT2D eigenvalue weighted by Crippen LogP contribution is -2.44. The van der Waals surface area contributed by atoms with Crippen molar-refractivity contribution in [3.05, 3.63) is 104 Å². The van der Waals surface area contributed by atoms with Crippen molar-refractivity contribution in [3.8, 4) is 5.88 Å². The summed E-state index contributed by atoms with van der Waals surface area (Å²) in [5.41, 5.74) is -0.551. The first-order valence-corrected chi connectivity index (χ1v) is 11.3. The number of nitrogens with zero attached hydrogens (tertiary/aromatic N) is 4. The highest BCUT2D eigenvalue weighted by Gasteiger charge is 2.18. The zero-order valence-electron chi connectivity index (χ0n) is 18.9. The van der Waals surface area contributed by atoms with E-state index in [1.165, 1.54) is 22.9 Å². The number of allylic oxidation sites excluding steroid dienone is 1. The largest absolute Gasteiger partial charge is 0.478 e. The summed E-state index contributed by atoms with van der Waals surface area (Å²) in [7, 11) is 0. The monoisotopic (exact) mass is 511 g/mol. The van der Waals surface area contributed by atoms with Crippen LogP contribution in [0.4, 0.5) is 5.95 Å². The van der Waals surface area contributed by atoms with Crippen LogP contribution in [0.1, 0.15) is 22.3 Å². The number of rotatable bonds is 9. The van der Waals surface area contributed by atoms with Gasteiger partial charge in [-0.05, 0) is 42.3 Å². The van der Waals surface area contributed by atoms with Crippen molar-refractivity contribution in [2.45, 2.75) is 25.6 Å². The molecule has 0 saturated carbocycles. The van der Waals surface area contributed by atoms with Gasteiger partial charge in [-0.2, -0.15) is 4.98 Å². The van der Waals surface area contributed by atoms with E-state index in [0.717, 1.165) is 10.1 Å². The number of aliphatic hydroxyl groups excluding tert-OH is 1. The number of aromatic carboxylic acids is 1. The van der Waals surface area contributed by atoms with E-state index in [1.807, 2.05) is 0 Å². The Kier molecular flexibility index (Phi) is 7.62. The summed E-state index contributed by atoms with van der Waals surface area (Å²) in [5.74, 6) is -0.397. The Hall–Kier alpha value is -4.22. The van der Waals surface area contributed by atoms with Crippen LogP contribution in [-0.4, -0.2) is 47.9 Å². The number of hydrogen-bond acceptors (Lipinski definition) is 8. The van der Waals surface area contributed by atoms with E-state index < -0.39 is 17.3 Å². The molecule has 2 heterocycles. The van der Waals surface area contributed by atoms with Crippen molar-refractivity contribution < 1.29 is 19.7 Å². The molecule has 0 aliphatic heterocycles. The Bertz CT molecular complexity index is 1440. The maximum Gasteiger partial charge on any atom is 0.355 e. The molecule has 3 aromatic rings. The van der Waals surface area contributed by atoms with Crippen molar-refractivity contribution >= 4 is 23.5 Å². The van der Waals surface area contributed by atoms with Crippen LogP contribution in [0.2, 0.25) is 5.02 Å². The maximum atomic E-state index is 13.1. The summed E-state index contributed by atoms with van der Waals surface area (Å²) in [4.78, 5) is 44.7. The van der Waals surface area contributed by atoms with Gasteiger partial charge in [-0.3, -0.25) is 4.57 Å². The molecule has 1 unspecified atom stereocenters. The van der Waals surface area contributed by atoms with Crippen LogP contribution in [0, 0.1) is 0 Å². The van der Waals surface area contributed by atoms with Gasteiger partial charge in [0.05, 0.1) is 31.3 Å². The Morgan fingerprint density at radius 3 is 2.64 bits per heavy atom. The van der Waals surface area contributed by atoms with Crippen LogP contribution >= 0.6 is 11.6 Å². The highest BCUT2D eigenvalue weighted by molar-refractivity contribution is 6.30. The molecule has 0 bridgehead atoms. The minimum atomic E-state index is -1.09. The first-order chi connectivity index (χ1) is 17.3. The minimum Gasteiger partial charge on any atom is -0.478 e. The highest BCUT2D eigenvalue weighted by atomic mass is 35.5. The number of hydrogen-bond donors (Lipinski definition) is 3. The molecule has 0 fully saturated rings. The zero-order valence-corrected chi connectivity index (χ0v) is 19.6. The number of halogens is 1. The third-order valence-corrected chi connectivity index (χ3v) is 5.56. The molecule has 0 radical (unpaired) electrons. The molecule has 2 aromatic heterocycles. The standard InChI is InChI=1S/C24H22ClN5O6/c25-17-3-1-15(2-4-17)14-30-22(28-23(34)29(11-12-31)24(30)35)27-18-5-7-19(8-6-18)36-20-13-16(21(32)33)9-10-26-20/h1-5,7-10,13,18,31H,6,11-12,14H2,(H,32,33)(H,27,28,34). The van der Waals surface area contributed by atoms with Crippen molar-refractivity contribution in [2.75, 3.05) is 11.9 Å². The van der Waals surface area contributed by atoms with E-state index in [2.05, 4.69) is 15.3 Å². The van der Waals surface area contributed by atoms with Crippen LogP contribution in [0.5, 0.6) is 5.88 Å². The van der Waals surface area contributed by atoms with Gasteiger partial charge in [0.2, 0.25) is 11.8 Å². The summed E-state index contributed by atoms with van der Waals surface area (Å²) in [6.07, 6.45) is 6.99. The van der Waals surface area contributed by atoms with E-state index >= 15 is 0 Å². The SMILES string of the molecule is O=C(O)c1ccnc(OC2=CCC(Nc3nc(=O)n(CCO)c(=O)n3Cc3ccc(Cl)cc3)C=C2)c1. The number of aromatic nitrogens is 4. The average Bonchev–Trinajstić information content (AvgIpc) is 2.86. The number of pyridine rings is 1. The number of aliphatic hydroxyl groups is 1. The Morgan fingerprint density at radius 1 is 1.19 bits per heavy atom. The predicted molar refractivity (Wildman–Crippen MR) is 131 cm³/mol. The molecule has 36 heavy (non-hydrogen) atoms. The summed E-state index contributed by atoms with van der Waals surface area (Å²) in [5, 5.41) is 22.0. The van der Waals surface area contributed by atoms with Gasteiger partial charge >= 0.3 is 17.3 Å². The van der Waals surface area contributed by atoms with Gasteiger partial charge in [0.1, 0.15) is 5.76 Å². The lowest BCUT2D eigenvalue weighted by Gasteiger charge is -2.21. The Balaban J connectivity index is 1.54. The van der Waals surface area contributed by atoms with E-state index in [1.54, 1.807) is 42.5 Å². The second-order valence-electron chi connectivity index (χ2n) is 7.83. The molecule has 1 aliphatic rings. The lowest BCUT2D eigenvalue weighted by molar-refractivity contribution is 0.0696. The summed E-state index contributed by atoms with van der Waals surface area (Å²) >= 11 is 5.96. The second kappa shape index (κ2) is 11.0. The Labute approximate surface area is 209 Å². The van der Waals surface area contributed by atoms with Crippen LogP contribution in [0.3, 0.4) is 0 Å². The zero-order chi connectivity index (χ0) is 25.7. The van der Waals surface area contributed by atoms with Crippen molar-refractivity contribution in [3.63, 3.8) is 0 Å². The van der Waals surface area contributed by atoms with Gasteiger partial charge in [-0.25, -0.2) is 23.9 Å². The molecule has 0 spiro atoms. The third-order valence-electron chi connectivity index (χ3n) is 5.31. The molecule has 1 aromatic carbocycles. The van der Waals surface area contributed by atoms with Gasteiger partial charge in [0.15, 0.2) is 0 Å². The van der Waals surface area contributed by atoms with E-state index in [0.29, 0.717) is 17.2 Å². The molecular formula is C24H22ClN5O6. The number of ether oxygens (including phenoxy) is 1. The smallest absolute Gasteiger partial charge is 0.355 e. The first-order valence-electron chi connectivity index (χ1n) is 10.9. The molecule has 3 N–H and O–H groups in total. The molecule has 0 saturated heterocycles. The number of carboxylic acids is 1. The van der Waals surface area contributed by atoms with Crippen LogP contribution in [0.15, 0.2) is 76.2 Å². The van der Waals surface area contributed by atoms with Crippen LogP contribution < -0.4 is 21.4 Å². The molecule has 1 aliphatic carbocycles.